The first-order valence-electron chi connectivity index (χ1n) is 8.33. The molecule has 7 nitrogen and oxygen atoms in total. The summed E-state index contributed by atoms with van der Waals surface area (Å²) >= 11 is 6.07. The van der Waals surface area contributed by atoms with Crippen LogP contribution in [0, 0.1) is 13.8 Å². The van der Waals surface area contributed by atoms with Gasteiger partial charge in [-0.15, -0.1) is 0 Å². The van der Waals surface area contributed by atoms with Crippen LogP contribution >= 0.6 is 11.6 Å². The third-order valence-corrected chi connectivity index (χ3v) is 5.70. The van der Waals surface area contributed by atoms with E-state index in [0.717, 1.165) is 21.7 Å². The average molecular weight is 427 g/mol. The van der Waals surface area contributed by atoms with Crippen molar-refractivity contribution in [1.29, 1.82) is 0 Å². The van der Waals surface area contributed by atoms with Crippen molar-refractivity contribution in [1.82, 2.24) is 0 Å². The molecule has 0 saturated heterocycles. The Kier molecular flexibility index (Phi) is 6.79. The van der Waals surface area contributed by atoms with Gasteiger partial charge in [0.1, 0.15) is 18.0 Å². The molecule has 2 aromatic carbocycles. The minimum absolute atomic E-state index is 0.322. The molecule has 1 amide bonds. The third-order valence-electron chi connectivity index (χ3n) is 4.28. The number of sulfonamides is 1. The molecule has 0 aliphatic rings. The van der Waals surface area contributed by atoms with Gasteiger partial charge >= 0.3 is 0 Å². The minimum atomic E-state index is -3.68. The van der Waals surface area contributed by atoms with Gasteiger partial charge in [-0.1, -0.05) is 23.7 Å². The molecule has 0 bridgehead atoms. The van der Waals surface area contributed by atoms with Crippen LogP contribution < -0.4 is 19.1 Å². The lowest BCUT2D eigenvalue weighted by Crippen LogP contribution is -2.38. The SMILES string of the molecule is COc1cc(NC(=O)CN(c2cccc(C)c2C)S(C)(=O)=O)c(OC)cc1Cl. The fraction of sp³-hybridized carbons (Fsp3) is 0.316. The van der Waals surface area contributed by atoms with Crippen molar-refractivity contribution >= 4 is 38.9 Å². The zero-order valence-corrected chi connectivity index (χ0v) is 17.9. The van der Waals surface area contributed by atoms with Crippen molar-refractivity contribution in [2.45, 2.75) is 13.8 Å². The fourth-order valence-electron chi connectivity index (χ4n) is 2.67. The smallest absolute Gasteiger partial charge is 0.245 e. The predicted octanol–water partition coefficient (Wildman–Crippen LogP) is 3.38. The number of halogens is 1. The Hall–Kier alpha value is -2.45. The van der Waals surface area contributed by atoms with Crippen molar-refractivity contribution in [3.8, 4) is 11.5 Å². The van der Waals surface area contributed by atoms with Crippen molar-refractivity contribution in [2.75, 3.05) is 36.6 Å². The number of amides is 1. The molecule has 152 valence electrons. The van der Waals surface area contributed by atoms with Crippen LogP contribution in [-0.2, 0) is 14.8 Å². The molecule has 0 heterocycles. The molecular formula is C19H23ClN2O5S. The molecule has 0 aliphatic carbocycles. The maximum Gasteiger partial charge on any atom is 0.245 e. The number of hydrogen-bond donors (Lipinski definition) is 1. The maximum absolute atomic E-state index is 12.6. The number of aryl methyl sites for hydroxylation is 1. The first-order valence-corrected chi connectivity index (χ1v) is 10.6. The van der Waals surface area contributed by atoms with E-state index >= 15 is 0 Å². The van der Waals surface area contributed by atoms with Crippen LogP contribution in [0.15, 0.2) is 30.3 Å². The number of hydrogen-bond acceptors (Lipinski definition) is 5. The summed E-state index contributed by atoms with van der Waals surface area (Å²) in [6.07, 6.45) is 1.06. The molecule has 0 saturated carbocycles. The van der Waals surface area contributed by atoms with Gasteiger partial charge in [0, 0.05) is 12.1 Å². The summed E-state index contributed by atoms with van der Waals surface area (Å²) in [6, 6.07) is 8.32. The normalized spacial score (nSPS) is 11.1. The molecule has 0 aromatic heterocycles. The van der Waals surface area contributed by atoms with Crippen LogP contribution in [0.2, 0.25) is 5.02 Å². The summed E-state index contributed by atoms with van der Waals surface area (Å²) in [4.78, 5) is 12.6. The number of carbonyl (C=O) groups excluding carboxylic acids is 1. The largest absolute Gasteiger partial charge is 0.495 e. The van der Waals surface area contributed by atoms with E-state index in [1.165, 1.54) is 26.4 Å². The van der Waals surface area contributed by atoms with Gasteiger partial charge in [-0.3, -0.25) is 9.10 Å². The summed E-state index contributed by atoms with van der Waals surface area (Å²) in [5.74, 6) is 0.151. The van der Waals surface area contributed by atoms with Crippen LogP contribution in [0.1, 0.15) is 11.1 Å². The fourth-order valence-corrected chi connectivity index (χ4v) is 3.80. The number of nitrogens with one attached hydrogen (secondary N) is 1. The lowest BCUT2D eigenvalue weighted by Gasteiger charge is -2.24. The van der Waals surface area contributed by atoms with E-state index in [0.29, 0.717) is 27.9 Å². The molecule has 28 heavy (non-hydrogen) atoms. The molecule has 0 radical (unpaired) electrons. The summed E-state index contributed by atoms with van der Waals surface area (Å²) in [5, 5.41) is 2.99. The van der Waals surface area contributed by atoms with Gasteiger partial charge in [0.2, 0.25) is 15.9 Å². The first-order chi connectivity index (χ1) is 13.1. The van der Waals surface area contributed by atoms with Crippen molar-refractivity contribution in [3.05, 3.63) is 46.5 Å². The Morgan fingerprint density at radius 2 is 1.79 bits per heavy atom. The van der Waals surface area contributed by atoms with E-state index in [-0.39, 0.29) is 0 Å². The highest BCUT2D eigenvalue weighted by Gasteiger charge is 2.23. The van der Waals surface area contributed by atoms with E-state index in [9.17, 15) is 13.2 Å². The van der Waals surface area contributed by atoms with E-state index in [1.54, 1.807) is 12.1 Å². The van der Waals surface area contributed by atoms with Crippen LogP contribution in [0.5, 0.6) is 11.5 Å². The Morgan fingerprint density at radius 3 is 2.36 bits per heavy atom. The molecule has 2 rings (SSSR count). The summed E-state index contributed by atoms with van der Waals surface area (Å²) in [6.45, 7) is 3.30. The van der Waals surface area contributed by atoms with Gasteiger partial charge in [-0.05, 0) is 31.0 Å². The lowest BCUT2D eigenvalue weighted by atomic mass is 10.1. The number of rotatable bonds is 7. The van der Waals surface area contributed by atoms with Gasteiger partial charge in [0.05, 0.1) is 36.9 Å². The molecular weight excluding hydrogens is 404 g/mol. The number of methoxy groups -OCH3 is 2. The van der Waals surface area contributed by atoms with E-state index in [1.807, 2.05) is 19.9 Å². The second kappa shape index (κ2) is 8.70. The highest BCUT2D eigenvalue weighted by molar-refractivity contribution is 7.92. The number of nitrogens with zero attached hydrogens (tertiary/aromatic N) is 1. The molecule has 0 fully saturated rings. The summed E-state index contributed by atoms with van der Waals surface area (Å²) < 4.78 is 36.1. The summed E-state index contributed by atoms with van der Waals surface area (Å²) in [5.41, 5.74) is 2.49. The quantitative estimate of drug-likeness (QED) is 0.733. The molecule has 2 aromatic rings. The molecule has 0 aliphatic heterocycles. The molecule has 1 N–H and O–H groups in total. The molecule has 9 heteroatoms. The second-order valence-corrected chi connectivity index (χ2v) is 8.54. The van der Waals surface area contributed by atoms with Crippen molar-refractivity contribution in [3.63, 3.8) is 0 Å². The molecule has 0 unspecified atom stereocenters. The molecule has 0 atom stereocenters. The number of ether oxygens (including phenoxy) is 2. The topological polar surface area (TPSA) is 84.9 Å². The van der Waals surface area contributed by atoms with Gasteiger partial charge < -0.3 is 14.8 Å². The number of anilines is 2. The Morgan fingerprint density at radius 1 is 1.14 bits per heavy atom. The Labute approximate surface area is 170 Å². The van der Waals surface area contributed by atoms with Gasteiger partial charge in [0.15, 0.2) is 0 Å². The van der Waals surface area contributed by atoms with E-state index in [4.69, 9.17) is 21.1 Å². The zero-order chi connectivity index (χ0) is 21.1. The average Bonchev–Trinajstić information content (AvgIpc) is 2.62. The number of benzene rings is 2. The minimum Gasteiger partial charge on any atom is -0.495 e. The third kappa shape index (κ3) is 4.88. The number of carbonyl (C=O) groups is 1. The standard InChI is InChI=1S/C19H23ClN2O5S/c1-12-7-6-8-16(13(12)2)22(28(5,24)25)11-19(23)21-15-10-17(26-3)14(20)9-18(15)27-4/h6-10H,11H2,1-5H3,(H,21,23). The highest BCUT2D eigenvalue weighted by Crippen LogP contribution is 2.36. The maximum atomic E-state index is 12.6. The van der Waals surface area contributed by atoms with E-state index in [2.05, 4.69) is 5.32 Å². The van der Waals surface area contributed by atoms with Crippen molar-refractivity contribution < 1.29 is 22.7 Å². The van der Waals surface area contributed by atoms with Gasteiger partial charge in [0.25, 0.3) is 0 Å². The highest BCUT2D eigenvalue weighted by atomic mass is 35.5. The van der Waals surface area contributed by atoms with Crippen LogP contribution in [0.25, 0.3) is 0 Å². The lowest BCUT2D eigenvalue weighted by molar-refractivity contribution is -0.114. The monoisotopic (exact) mass is 426 g/mol. The summed E-state index contributed by atoms with van der Waals surface area (Å²) in [7, 11) is -0.798. The van der Waals surface area contributed by atoms with Crippen LogP contribution in [0.4, 0.5) is 11.4 Å². The first kappa shape index (κ1) is 21.8. The second-order valence-electron chi connectivity index (χ2n) is 6.22. The zero-order valence-electron chi connectivity index (χ0n) is 16.4. The van der Waals surface area contributed by atoms with Gasteiger partial charge in [-0.2, -0.15) is 0 Å². The van der Waals surface area contributed by atoms with Crippen LogP contribution in [0.3, 0.4) is 0 Å². The Balaban J connectivity index is 2.35. The van der Waals surface area contributed by atoms with Gasteiger partial charge in [-0.25, -0.2) is 8.42 Å². The predicted molar refractivity (Wildman–Crippen MR) is 111 cm³/mol. The Bertz CT molecular complexity index is 992. The van der Waals surface area contributed by atoms with E-state index < -0.39 is 22.5 Å². The van der Waals surface area contributed by atoms with Crippen molar-refractivity contribution in [2.24, 2.45) is 0 Å². The van der Waals surface area contributed by atoms with Crippen LogP contribution in [-0.4, -0.2) is 41.3 Å². The molecule has 0 spiro atoms.